The molecular weight excluding hydrogens is 162 g/mol. The molecule has 11 heavy (non-hydrogen) atoms. The lowest BCUT2D eigenvalue weighted by molar-refractivity contribution is -0.120. The molecule has 1 saturated heterocycles. The van der Waals surface area contributed by atoms with Crippen LogP contribution < -0.4 is 5.32 Å². The van der Waals surface area contributed by atoms with Crippen LogP contribution in [0, 0.1) is 5.92 Å². The lowest BCUT2D eigenvalue weighted by Gasteiger charge is -2.02. The lowest BCUT2D eigenvalue weighted by Crippen LogP contribution is -2.27. The molecule has 1 fully saturated rings. The van der Waals surface area contributed by atoms with Crippen molar-refractivity contribution in [1.29, 1.82) is 0 Å². The summed E-state index contributed by atoms with van der Waals surface area (Å²) in [5.41, 5.74) is 0. The minimum absolute atomic E-state index is 0.0103. The van der Waals surface area contributed by atoms with E-state index in [-0.39, 0.29) is 22.9 Å². The average molecular weight is 173 g/mol. The molecule has 0 aromatic rings. The minimum atomic E-state index is -0.216. The molecule has 1 unspecified atom stereocenters. The highest BCUT2D eigenvalue weighted by atomic mass is 32.1. The van der Waals surface area contributed by atoms with Gasteiger partial charge in [-0.05, 0) is 13.3 Å². The second-order valence-electron chi connectivity index (χ2n) is 2.84. The molecule has 0 saturated carbocycles. The van der Waals surface area contributed by atoms with Crippen molar-refractivity contribution in [2.45, 2.75) is 19.4 Å². The van der Waals surface area contributed by atoms with E-state index in [9.17, 15) is 9.59 Å². The van der Waals surface area contributed by atoms with Crippen LogP contribution in [0.3, 0.4) is 0 Å². The zero-order valence-electron chi connectivity index (χ0n) is 6.33. The number of carbonyl (C=O) groups is 2. The van der Waals surface area contributed by atoms with Crippen LogP contribution in [0.1, 0.15) is 13.3 Å². The van der Waals surface area contributed by atoms with E-state index in [2.05, 4.69) is 17.9 Å². The van der Waals surface area contributed by atoms with Crippen LogP contribution in [0.4, 0.5) is 0 Å². The highest BCUT2D eigenvalue weighted by Gasteiger charge is 2.29. The van der Waals surface area contributed by atoms with Gasteiger partial charge in [0.2, 0.25) is 5.12 Å². The number of carbonyl (C=O) groups excluding carboxylic acids is 2. The van der Waals surface area contributed by atoms with Crippen molar-refractivity contribution in [2.75, 3.05) is 6.54 Å². The quantitative estimate of drug-likeness (QED) is 0.578. The first-order valence-corrected chi connectivity index (χ1v) is 4.02. The summed E-state index contributed by atoms with van der Waals surface area (Å²) in [6.45, 7) is 2.17. The Morgan fingerprint density at radius 1 is 1.55 bits per heavy atom. The van der Waals surface area contributed by atoms with Crippen molar-refractivity contribution in [3.8, 4) is 0 Å². The second kappa shape index (κ2) is 3.36. The Morgan fingerprint density at radius 3 is 2.45 bits per heavy atom. The Labute approximate surface area is 71.0 Å². The Balaban J connectivity index is 2.47. The van der Waals surface area contributed by atoms with Crippen molar-refractivity contribution >= 4 is 23.5 Å². The number of thiol groups is 1. The van der Waals surface area contributed by atoms with E-state index in [0.717, 1.165) is 0 Å². The summed E-state index contributed by atoms with van der Waals surface area (Å²) in [5.74, 6) is 0.158. The molecule has 3 nitrogen and oxygen atoms in total. The number of hydrogen-bond donors (Lipinski definition) is 2. The highest BCUT2D eigenvalue weighted by Crippen LogP contribution is 2.16. The first-order chi connectivity index (χ1) is 5.11. The van der Waals surface area contributed by atoms with Crippen LogP contribution in [0.2, 0.25) is 0 Å². The van der Waals surface area contributed by atoms with Crippen molar-refractivity contribution in [2.24, 2.45) is 5.92 Å². The van der Waals surface area contributed by atoms with Gasteiger partial charge in [0.05, 0.1) is 6.04 Å². The standard InChI is InChI=1S/C7H11NO2S/c1-4(9)5-2-6(7(10)11)8-3-5/h5-6,8H,2-3H2,1H3,(H,10,11)/t5?,6-/m0/s1. The highest BCUT2D eigenvalue weighted by molar-refractivity contribution is 7.96. The predicted molar refractivity (Wildman–Crippen MR) is 44.6 cm³/mol. The summed E-state index contributed by atoms with van der Waals surface area (Å²) in [4.78, 5) is 21.5. The maximum atomic E-state index is 10.8. The van der Waals surface area contributed by atoms with E-state index >= 15 is 0 Å². The van der Waals surface area contributed by atoms with Crippen LogP contribution in [-0.2, 0) is 9.59 Å². The van der Waals surface area contributed by atoms with E-state index in [1.54, 1.807) is 6.92 Å². The Kier molecular flexibility index (Phi) is 2.67. The van der Waals surface area contributed by atoms with Gasteiger partial charge in [0, 0.05) is 12.5 Å². The number of nitrogens with one attached hydrogen (secondary N) is 1. The topological polar surface area (TPSA) is 46.2 Å². The van der Waals surface area contributed by atoms with Gasteiger partial charge in [0.25, 0.3) is 0 Å². The third-order valence-corrected chi connectivity index (χ3v) is 2.32. The SMILES string of the molecule is CC(=O)C1CN[C@H](C(=O)S)C1. The molecule has 1 aliphatic rings. The summed E-state index contributed by atoms with van der Waals surface area (Å²) < 4.78 is 0. The molecule has 0 amide bonds. The van der Waals surface area contributed by atoms with Gasteiger partial charge in [-0.25, -0.2) is 0 Å². The zero-order valence-corrected chi connectivity index (χ0v) is 7.23. The lowest BCUT2D eigenvalue weighted by atomic mass is 10.0. The van der Waals surface area contributed by atoms with Gasteiger partial charge in [0.15, 0.2) is 0 Å². The molecule has 0 aromatic carbocycles. The molecule has 0 aliphatic carbocycles. The van der Waals surface area contributed by atoms with Gasteiger partial charge in [-0.15, -0.1) is 12.6 Å². The number of ketones is 1. The Hall–Kier alpha value is -0.350. The van der Waals surface area contributed by atoms with Crippen LogP contribution in [-0.4, -0.2) is 23.5 Å². The van der Waals surface area contributed by atoms with Gasteiger partial charge >= 0.3 is 0 Å². The van der Waals surface area contributed by atoms with Gasteiger partial charge in [-0.1, -0.05) is 0 Å². The summed E-state index contributed by atoms with van der Waals surface area (Å²) in [5, 5.41) is 2.77. The molecule has 2 atom stereocenters. The monoisotopic (exact) mass is 173 g/mol. The molecule has 1 aliphatic heterocycles. The smallest absolute Gasteiger partial charge is 0.202 e. The van der Waals surface area contributed by atoms with E-state index in [1.165, 1.54) is 0 Å². The first kappa shape index (κ1) is 8.74. The number of Topliss-reactive ketones (excluding diaryl/α,β-unsaturated/α-hetero) is 1. The second-order valence-corrected chi connectivity index (χ2v) is 3.28. The molecule has 62 valence electrons. The largest absolute Gasteiger partial charge is 0.306 e. The molecule has 4 heteroatoms. The first-order valence-electron chi connectivity index (χ1n) is 3.58. The zero-order chi connectivity index (χ0) is 8.43. The molecule has 0 bridgehead atoms. The fraction of sp³-hybridized carbons (Fsp3) is 0.714. The van der Waals surface area contributed by atoms with Gasteiger partial charge < -0.3 is 5.32 Å². The van der Waals surface area contributed by atoms with E-state index in [4.69, 9.17) is 0 Å². The van der Waals surface area contributed by atoms with Crippen molar-refractivity contribution < 1.29 is 9.59 Å². The molecule has 1 rings (SSSR count). The van der Waals surface area contributed by atoms with Crippen LogP contribution in [0.5, 0.6) is 0 Å². The summed E-state index contributed by atoms with van der Waals surface area (Å²) in [7, 11) is 0. The molecule has 1 N–H and O–H groups in total. The minimum Gasteiger partial charge on any atom is -0.306 e. The molecule has 0 spiro atoms. The van der Waals surface area contributed by atoms with Gasteiger partial charge in [-0.3, -0.25) is 9.59 Å². The van der Waals surface area contributed by atoms with E-state index in [0.29, 0.717) is 13.0 Å². The third kappa shape index (κ3) is 2.04. The summed E-state index contributed by atoms with van der Waals surface area (Å²) in [6, 6.07) is -0.216. The van der Waals surface area contributed by atoms with Crippen molar-refractivity contribution in [3.05, 3.63) is 0 Å². The average Bonchev–Trinajstić information content (AvgIpc) is 2.33. The fourth-order valence-electron chi connectivity index (χ4n) is 1.23. The van der Waals surface area contributed by atoms with E-state index < -0.39 is 0 Å². The Bertz CT molecular complexity index is 173. The van der Waals surface area contributed by atoms with Crippen LogP contribution in [0.15, 0.2) is 0 Å². The van der Waals surface area contributed by atoms with E-state index in [1.807, 2.05) is 0 Å². The maximum absolute atomic E-state index is 10.8. The van der Waals surface area contributed by atoms with Crippen LogP contribution in [0.25, 0.3) is 0 Å². The Morgan fingerprint density at radius 2 is 2.18 bits per heavy atom. The molecular formula is C7H11NO2S. The molecule has 0 aromatic heterocycles. The maximum Gasteiger partial charge on any atom is 0.202 e. The molecule has 0 radical (unpaired) electrons. The molecule has 1 heterocycles. The third-order valence-electron chi connectivity index (χ3n) is 2.00. The van der Waals surface area contributed by atoms with Crippen molar-refractivity contribution in [3.63, 3.8) is 0 Å². The van der Waals surface area contributed by atoms with Crippen LogP contribution >= 0.6 is 12.6 Å². The van der Waals surface area contributed by atoms with Gasteiger partial charge in [-0.2, -0.15) is 0 Å². The summed E-state index contributed by atoms with van der Waals surface area (Å²) in [6.07, 6.45) is 0.609. The normalized spacial score (nSPS) is 30.4. The number of hydrogen-bond acceptors (Lipinski definition) is 3. The van der Waals surface area contributed by atoms with Crippen molar-refractivity contribution in [1.82, 2.24) is 5.32 Å². The predicted octanol–water partition coefficient (Wildman–Crippen LogP) is 0.00990. The fourth-order valence-corrected chi connectivity index (χ4v) is 1.43. The van der Waals surface area contributed by atoms with Gasteiger partial charge in [0.1, 0.15) is 5.78 Å². The summed E-state index contributed by atoms with van der Waals surface area (Å²) >= 11 is 3.69. The number of rotatable bonds is 2.